The summed E-state index contributed by atoms with van der Waals surface area (Å²) in [5, 5.41) is 0. The van der Waals surface area contributed by atoms with Crippen molar-refractivity contribution in [3.05, 3.63) is 59.2 Å². The molecule has 2 rings (SSSR count). The lowest BCUT2D eigenvalue weighted by molar-refractivity contribution is 0.397. The monoisotopic (exact) mass is 285 g/mol. The summed E-state index contributed by atoms with van der Waals surface area (Å²) in [6.45, 7) is 2.70. The molecule has 0 bridgehead atoms. The number of hydrogen-bond donors (Lipinski definition) is 1. The highest BCUT2D eigenvalue weighted by atomic mass is 16.5. The minimum absolute atomic E-state index is 0.269. The Hall–Kier alpha value is -2.00. The van der Waals surface area contributed by atoms with Crippen molar-refractivity contribution >= 4 is 0 Å². The first-order valence-electron chi connectivity index (χ1n) is 7.15. The number of benzene rings is 2. The Morgan fingerprint density at radius 1 is 1.05 bits per heavy atom. The first-order chi connectivity index (χ1) is 10.2. The van der Waals surface area contributed by atoms with Gasteiger partial charge >= 0.3 is 0 Å². The van der Waals surface area contributed by atoms with E-state index in [4.69, 9.17) is 15.2 Å². The molecule has 0 aromatic heterocycles. The summed E-state index contributed by atoms with van der Waals surface area (Å²) in [4.78, 5) is 0. The number of nitrogens with two attached hydrogens (primary N) is 1. The largest absolute Gasteiger partial charge is 0.497 e. The maximum atomic E-state index is 5.99. The average molecular weight is 285 g/mol. The van der Waals surface area contributed by atoms with Crippen molar-refractivity contribution in [2.45, 2.75) is 19.3 Å². The first-order valence-corrected chi connectivity index (χ1v) is 7.15. The molecule has 0 aliphatic carbocycles. The molecular weight excluding hydrogens is 262 g/mol. The molecule has 2 N–H and O–H groups in total. The third-order valence-corrected chi connectivity index (χ3v) is 3.75. The lowest BCUT2D eigenvalue weighted by Gasteiger charge is -2.18. The van der Waals surface area contributed by atoms with Crippen molar-refractivity contribution in [2.24, 2.45) is 5.73 Å². The molecule has 0 saturated heterocycles. The normalized spacial score (nSPS) is 12.0. The smallest absolute Gasteiger partial charge is 0.122 e. The van der Waals surface area contributed by atoms with Gasteiger partial charge in [-0.25, -0.2) is 0 Å². The Bertz CT molecular complexity index is 596. The molecule has 0 radical (unpaired) electrons. The highest BCUT2D eigenvalue weighted by Gasteiger charge is 2.14. The number of aryl methyl sites for hydroxylation is 1. The lowest BCUT2D eigenvalue weighted by Crippen LogP contribution is -2.15. The zero-order valence-corrected chi connectivity index (χ0v) is 12.9. The molecule has 0 fully saturated rings. The molecule has 1 unspecified atom stereocenters. The molecule has 0 saturated carbocycles. The van der Waals surface area contributed by atoms with Gasteiger partial charge in [-0.15, -0.1) is 0 Å². The number of rotatable bonds is 6. The van der Waals surface area contributed by atoms with Gasteiger partial charge in [-0.3, -0.25) is 0 Å². The zero-order valence-electron chi connectivity index (χ0n) is 12.9. The molecule has 3 nitrogen and oxygen atoms in total. The van der Waals surface area contributed by atoms with E-state index in [1.54, 1.807) is 14.2 Å². The van der Waals surface area contributed by atoms with E-state index in [1.165, 1.54) is 11.1 Å². The van der Waals surface area contributed by atoms with Crippen molar-refractivity contribution < 1.29 is 9.47 Å². The second kappa shape index (κ2) is 7.14. The SMILES string of the molecule is COc1ccc(OC)c(CC(CN)c2cccc(C)c2)c1. The predicted octanol–water partition coefficient (Wildman–Crippen LogP) is 3.30. The molecule has 0 amide bonds. The van der Waals surface area contributed by atoms with E-state index in [9.17, 15) is 0 Å². The number of methoxy groups -OCH3 is 2. The minimum atomic E-state index is 0.269. The van der Waals surface area contributed by atoms with Gasteiger partial charge in [0.1, 0.15) is 11.5 Å². The summed E-state index contributed by atoms with van der Waals surface area (Å²) < 4.78 is 10.8. The Kier molecular flexibility index (Phi) is 5.23. The van der Waals surface area contributed by atoms with Crippen LogP contribution in [-0.2, 0) is 6.42 Å². The standard InChI is InChI=1S/C18H23NO2/c1-13-5-4-6-14(9-13)16(12-19)10-15-11-17(20-2)7-8-18(15)21-3/h4-9,11,16H,10,12,19H2,1-3H3. The van der Waals surface area contributed by atoms with Crippen LogP contribution in [0.25, 0.3) is 0 Å². The first kappa shape index (κ1) is 15.4. The van der Waals surface area contributed by atoms with Crippen molar-refractivity contribution in [2.75, 3.05) is 20.8 Å². The second-order valence-corrected chi connectivity index (χ2v) is 5.23. The lowest BCUT2D eigenvalue weighted by atomic mass is 9.90. The summed E-state index contributed by atoms with van der Waals surface area (Å²) in [5.41, 5.74) is 9.63. The van der Waals surface area contributed by atoms with Gasteiger partial charge in [0.2, 0.25) is 0 Å². The van der Waals surface area contributed by atoms with Crippen LogP contribution >= 0.6 is 0 Å². The van der Waals surface area contributed by atoms with Gasteiger partial charge in [-0.05, 0) is 49.2 Å². The molecule has 0 heterocycles. The highest BCUT2D eigenvalue weighted by Crippen LogP contribution is 2.29. The van der Waals surface area contributed by atoms with Crippen LogP contribution in [0.5, 0.6) is 11.5 Å². The zero-order chi connectivity index (χ0) is 15.2. The van der Waals surface area contributed by atoms with Crippen LogP contribution < -0.4 is 15.2 Å². The molecule has 2 aromatic rings. The quantitative estimate of drug-likeness (QED) is 0.885. The van der Waals surface area contributed by atoms with E-state index >= 15 is 0 Å². The van der Waals surface area contributed by atoms with Crippen LogP contribution in [0.4, 0.5) is 0 Å². The van der Waals surface area contributed by atoms with Crippen molar-refractivity contribution in [1.29, 1.82) is 0 Å². The van der Waals surface area contributed by atoms with E-state index in [0.29, 0.717) is 6.54 Å². The van der Waals surface area contributed by atoms with E-state index in [2.05, 4.69) is 31.2 Å². The van der Waals surface area contributed by atoms with E-state index < -0.39 is 0 Å². The molecular formula is C18H23NO2. The fourth-order valence-corrected chi connectivity index (χ4v) is 2.57. The fraction of sp³-hybridized carbons (Fsp3) is 0.333. The maximum Gasteiger partial charge on any atom is 0.122 e. The summed E-state index contributed by atoms with van der Waals surface area (Å²) in [5.74, 6) is 1.98. The van der Waals surface area contributed by atoms with E-state index in [-0.39, 0.29) is 5.92 Å². The van der Waals surface area contributed by atoms with E-state index in [0.717, 1.165) is 23.5 Å². The van der Waals surface area contributed by atoms with Gasteiger partial charge in [0, 0.05) is 5.92 Å². The van der Waals surface area contributed by atoms with Crippen molar-refractivity contribution in [3.63, 3.8) is 0 Å². The minimum Gasteiger partial charge on any atom is -0.497 e. The third-order valence-electron chi connectivity index (χ3n) is 3.75. The predicted molar refractivity (Wildman–Crippen MR) is 86.2 cm³/mol. The molecule has 0 spiro atoms. The van der Waals surface area contributed by atoms with Crippen LogP contribution in [0.1, 0.15) is 22.6 Å². The summed E-state index contributed by atoms with van der Waals surface area (Å²) in [6, 6.07) is 14.4. The van der Waals surface area contributed by atoms with Crippen LogP contribution in [0, 0.1) is 6.92 Å². The Labute approximate surface area is 126 Å². The highest BCUT2D eigenvalue weighted by molar-refractivity contribution is 5.42. The molecule has 0 aliphatic rings. The van der Waals surface area contributed by atoms with Crippen molar-refractivity contribution in [3.8, 4) is 11.5 Å². The second-order valence-electron chi connectivity index (χ2n) is 5.23. The van der Waals surface area contributed by atoms with Crippen molar-refractivity contribution in [1.82, 2.24) is 0 Å². The molecule has 21 heavy (non-hydrogen) atoms. The average Bonchev–Trinajstić information content (AvgIpc) is 2.52. The molecule has 2 aromatic carbocycles. The van der Waals surface area contributed by atoms with Crippen LogP contribution in [0.3, 0.4) is 0 Å². The van der Waals surface area contributed by atoms with E-state index in [1.807, 2.05) is 18.2 Å². The molecule has 1 atom stereocenters. The maximum absolute atomic E-state index is 5.99. The van der Waals surface area contributed by atoms with Gasteiger partial charge in [0.05, 0.1) is 14.2 Å². The Morgan fingerprint density at radius 3 is 2.48 bits per heavy atom. The third kappa shape index (κ3) is 3.76. The van der Waals surface area contributed by atoms with Gasteiger partial charge in [0.25, 0.3) is 0 Å². The fourth-order valence-electron chi connectivity index (χ4n) is 2.57. The summed E-state index contributed by atoms with van der Waals surface area (Å²) in [6.07, 6.45) is 0.834. The van der Waals surface area contributed by atoms with Gasteiger partial charge in [0.15, 0.2) is 0 Å². The van der Waals surface area contributed by atoms with Gasteiger partial charge < -0.3 is 15.2 Å². The Balaban J connectivity index is 2.29. The summed E-state index contributed by atoms with van der Waals surface area (Å²) in [7, 11) is 3.36. The van der Waals surface area contributed by atoms with Crippen LogP contribution in [0.15, 0.2) is 42.5 Å². The molecule has 3 heteroatoms. The topological polar surface area (TPSA) is 44.5 Å². The number of ether oxygens (including phenoxy) is 2. The molecule has 112 valence electrons. The molecule has 0 aliphatic heterocycles. The Morgan fingerprint density at radius 2 is 1.86 bits per heavy atom. The van der Waals surface area contributed by atoms with Gasteiger partial charge in [-0.2, -0.15) is 0 Å². The summed E-state index contributed by atoms with van der Waals surface area (Å²) >= 11 is 0. The van der Waals surface area contributed by atoms with Gasteiger partial charge in [-0.1, -0.05) is 29.8 Å². The van der Waals surface area contributed by atoms with Crippen LogP contribution in [0.2, 0.25) is 0 Å². The number of hydrogen-bond acceptors (Lipinski definition) is 3. The van der Waals surface area contributed by atoms with Crippen LogP contribution in [-0.4, -0.2) is 20.8 Å².